The highest BCUT2D eigenvalue weighted by Gasteiger charge is 2.69. The molecule has 2 unspecified atom stereocenters. The molecule has 0 N–H and O–H groups in total. The van der Waals surface area contributed by atoms with Gasteiger partial charge < -0.3 is 18.9 Å². The highest BCUT2D eigenvalue weighted by Crippen LogP contribution is 2.51. The van der Waals surface area contributed by atoms with E-state index in [1.165, 1.54) is 0 Å². The summed E-state index contributed by atoms with van der Waals surface area (Å²) in [4.78, 5) is 11.8. The topological polar surface area (TPSA) is 54.0 Å². The molecule has 1 aliphatic carbocycles. The average Bonchev–Trinajstić information content (AvgIpc) is 2.68. The third kappa shape index (κ3) is 1.17. The minimum atomic E-state index is -0.806. The van der Waals surface area contributed by atoms with E-state index < -0.39 is 17.7 Å². The molecule has 2 aliphatic heterocycles. The van der Waals surface area contributed by atoms with Gasteiger partial charge in [-0.05, 0) is 20.3 Å². The van der Waals surface area contributed by atoms with Crippen molar-refractivity contribution in [2.45, 2.75) is 56.6 Å². The van der Waals surface area contributed by atoms with Gasteiger partial charge in [0.05, 0.1) is 0 Å². The van der Waals surface area contributed by atoms with Crippen LogP contribution in [-0.4, -0.2) is 42.8 Å². The summed E-state index contributed by atoms with van der Waals surface area (Å²) >= 11 is 0. The van der Waals surface area contributed by atoms with Crippen LogP contribution in [0.25, 0.3) is 0 Å². The number of Topliss-reactive ketones (excluding diaryl/α,β-unsaturated/α-hetero) is 1. The molecule has 0 aromatic heterocycles. The quantitative estimate of drug-likeness (QED) is 0.658. The van der Waals surface area contributed by atoms with Gasteiger partial charge in [-0.2, -0.15) is 0 Å². The molecule has 0 amide bonds. The van der Waals surface area contributed by atoms with Crippen LogP contribution in [0, 0.1) is 0 Å². The van der Waals surface area contributed by atoms with Crippen molar-refractivity contribution in [3.05, 3.63) is 0 Å². The lowest BCUT2D eigenvalue weighted by Crippen LogP contribution is -2.56. The van der Waals surface area contributed by atoms with Crippen molar-refractivity contribution < 1.29 is 23.7 Å². The Labute approximate surface area is 94.0 Å². The van der Waals surface area contributed by atoms with E-state index in [1.54, 1.807) is 7.11 Å². The van der Waals surface area contributed by atoms with Crippen LogP contribution in [0.4, 0.5) is 0 Å². The zero-order chi connectivity index (χ0) is 11.6. The predicted octanol–water partition coefficient (Wildman–Crippen LogP) is 0.611. The zero-order valence-corrected chi connectivity index (χ0v) is 9.69. The van der Waals surface area contributed by atoms with Crippen molar-refractivity contribution in [2.24, 2.45) is 0 Å². The number of fused-ring (bicyclic) bond motifs is 2. The summed E-state index contributed by atoms with van der Waals surface area (Å²) < 4.78 is 22.4. The minimum Gasteiger partial charge on any atom is -0.353 e. The van der Waals surface area contributed by atoms with Crippen molar-refractivity contribution >= 4 is 5.78 Å². The molecule has 0 radical (unpaired) electrons. The molecule has 2 heterocycles. The van der Waals surface area contributed by atoms with Gasteiger partial charge in [-0.1, -0.05) is 0 Å². The molecule has 1 spiro atoms. The first-order valence-electron chi connectivity index (χ1n) is 5.58. The lowest BCUT2D eigenvalue weighted by atomic mass is 9.74. The third-order valence-corrected chi connectivity index (χ3v) is 3.61. The summed E-state index contributed by atoms with van der Waals surface area (Å²) in [7, 11) is 1.55. The fourth-order valence-electron chi connectivity index (χ4n) is 2.77. The van der Waals surface area contributed by atoms with Crippen LogP contribution >= 0.6 is 0 Å². The summed E-state index contributed by atoms with van der Waals surface area (Å²) in [5, 5.41) is 0. The molecule has 2 saturated heterocycles. The van der Waals surface area contributed by atoms with Gasteiger partial charge in [-0.25, -0.2) is 0 Å². The Morgan fingerprint density at radius 1 is 1.31 bits per heavy atom. The van der Waals surface area contributed by atoms with Gasteiger partial charge in [0.2, 0.25) is 0 Å². The molecule has 0 aromatic rings. The van der Waals surface area contributed by atoms with E-state index in [0.29, 0.717) is 12.8 Å². The predicted molar refractivity (Wildman–Crippen MR) is 52.7 cm³/mol. The number of rotatable bonds is 1. The van der Waals surface area contributed by atoms with Crippen molar-refractivity contribution in [3.63, 3.8) is 0 Å². The number of methoxy groups -OCH3 is 1. The van der Waals surface area contributed by atoms with Gasteiger partial charge in [0.15, 0.2) is 23.5 Å². The number of ether oxygens (including phenoxy) is 4. The van der Waals surface area contributed by atoms with Gasteiger partial charge in [-0.15, -0.1) is 0 Å². The molecule has 5 nitrogen and oxygen atoms in total. The lowest BCUT2D eigenvalue weighted by Gasteiger charge is -2.39. The number of carbonyl (C=O) groups excluding carboxylic acids is 1. The Bertz CT molecular complexity index is 339. The van der Waals surface area contributed by atoms with Crippen LogP contribution in [0.3, 0.4) is 0 Å². The number of hydrogen-bond acceptors (Lipinski definition) is 5. The molecular formula is C11H16O5. The Kier molecular flexibility index (Phi) is 2.02. The van der Waals surface area contributed by atoms with E-state index in [-0.39, 0.29) is 18.0 Å². The maximum atomic E-state index is 11.8. The van der Waals surface area contributed by atoms with Crippen LogP contribution in [0.15, 0.2) is 0 Å². The van der Waals surface area contributed by atoms with Crippen LogP contribution in [-0.2, 0) is 23.7 Å². The van der Waals surface area contributed by atoms with E-state index in [2.05, 4.69) is 0 Å². The second-order valence-corrected chi connectivity index (χ2v) is 5.06. The molecule has 4 atom stereocenters. The van der Waals surface area contributed by atoms with Crippen LogP contribution in [0.5, 0.6) is 0 Å². The Morgan fingerprint density at radius 2 is 2.06 bits per heavy atom. The normalized spacial score (nSPS) is 49.4. The van der Waals surface area contributed by atoms with Crippen molar-refractivity contribution in [1.82, 2.24) is 0 Å². The first kappa shape index (κ1) is 10.7. The summed E-state index contributed by atoms with van der Waals surface area (Å²) in [5.74, 6) is -0.568. The second-order valence-electron chi connectivity index (χ2n) is 5.06. The molecule has 3 aliphatic rings. The highest BCUT2D eigenvalue weighted by molar-refractivity contribution is 5.94. The fraction of sp³-hybridized carbons (Fsp3) is 0.909. The minimum absolute atomic E-state index is 0.100. The first-order chi connectivity index (χ1) is 7.48. The smallest absolute Gasteiger partial charge is 0.187 e. The molecule has 0 bridgehead atoms. The zero-order valence-electron chi connectivity index (χ0n) is 9.69. The summed E-state index contributed by atoms with van der Waals surface area (Å²) in [5.41, 5.74) is -0.806. The fourth-order valence-corrected chi connectivity index (χ4v) is 2.77. The Hall–Kier alpha value is -0.490. The highest BCUT2D eigenvalue weighted by atomic mass is 16.8. The van der Waals surface area contributed by atoms with E-state index in [4.69, 9.17) is 18.9 Å². The van der Waals surface area contributed by atoms with Gasteiger partial charge in [-0.3, -0.25) is 4.79 Å². The molecule has 5 heteroatoms. The average molecular weight is 228 g/mol. The summed E-state index contributed by atoms with van der Waals surface area (Å²) in [6.45, 7) is 3.68. The number of carbonyl (C=O) groups is 1. The molecule has 1 saturated carbocycles. The van der Waals surface area contributed by atoms with Crippen LogP contribution < -0.4 is 0 Å². The first-order valence-corrected chi connectivity index (χ1v) is 5.58. The number of hydrogen-bond donors (Lipinski definition) is 0. The maximum absolute atomic E-state index is 11.8. The van der Waals surface area contributed by atoms with E-state index in [0.717, 1.165) is 0 Å². The van der Waals surface area contributed by atoms with E-state index >= 15 is 0 Å². The second kappa shape index (κ2) is 3.04. The van der Waals surface area contributed by atoms with Crippen LogP contribution in [0.1, 0.15) is 26.7 Å². The largest absolute Gasteiger partial charge is 0.353 e. The van der Waals surface area contributed by atoms with Gasteiger partial charge >= 0.3 is 0 Å². The van der Waals surface area contributed by atoms with Gasteiger partial charge in [0.1, 0.15) is 12.2 Å². The molecule has 16 heavy (non-hydrogen) atoms. The molecule has 90 valence electrons. The summed E-state index contributed by atoms with van der Waals surface area (Å²) in [6, 6.07) is 0. The van der Waals surface area contributed by atoms with E-state index in [1.807, 2.05) is 13.8 Å². The van der Waals surface area contributed by atoms with Crippen molar-refractivity contribution in [2.75, 3.05) is 7.11 Å². The van der Waals surface area contributed by atoms with Crippen molar-refractivity contribution in [3.8, 4) is 0 Å². The van der Waals surface area contributed by atoms with E-state index in [9.17, 15) is 4.79 Å². The monoisotopic (exact) mass is 228 g/mol. The molecule has 3 rings (SSSR count). The van der Waals surface area contributed by atoms with Crippen molar-refractivity contribution in [1.29, 1.82) is 0 Å². The summed E-state index contributed by atoms with van der Waals surface area (Å²) in [6.07, 6.45) is 0.129. The van der Waals surface area contributed by atoms with Crippen LogP contribution in [0.2, 0.25) is 0 Å². The standard InChI is InChI=1S/C11H16O5/c1-10(2)14-7-8(15-10)11(5-4-6(11)12)16-9(7)13-3/h7-9H,4-5H2,1-3H3/t7-,8?,9?,11+/m0/s1. The molecule has 0 aromatic carbocycles. The Balaban J connectivity index is 1.92. The van der Waals surface area contributed by atoms with Gasteiger partial charge in [0, 0.05) is 13.5 Å². The maximum Gasteiger partial charge on any atom is 0.187 e. The Morgan fingerprint density at radius 3 is 2.56 bits per heavy atom. The van der Waals surface area contributed by atoms with Gasteiger partial charge in [0.25, 0.3) is 0 Å². The SMILES string of the molecule is COC1O[C@@]2(CCC2=O)C2OC(C)(C)O[C@H]12. The molecule has 3 fully saturated rings. The third-order valence-electron chi connectivity index (χ3n) is 3.61. The lowest BCUT2D eigenvalue weighted by molar-refractivity contribution is -0.254. The number of ketones is 1. The molecular weight excluding hydrogens is 212 g/mol.